The van der Waals surface area contributed by atoms with E-state index in [9.17, 15) is 14.4 Å². The molecule has 2 N–H and O–H groups in total. The van der Waals surface area contributed by atoms with Gasteiger partial charge in [0, 0.05) is 35.2 Å². The minimum Gasteiger partial charge on any atom is -0.379 e. The van der Waals surface area contributed by atoms with Gasteiger partial charge >= 0.3 is 6.03 Å². The molecule has 2 heterocycles. The Morgan fingerprint density at radius 1 is 1.28 bits per heavy atom. The Hall–Kier alpha value is -1.97. The molecule has 3 rings (SSSR count). The highest BCUT2D eigenvalue weighted by Gasteiger charge is 2.50. The maximum absolute atomic E-state index is 13.0. The summed E-state index contributed by atoms with van der Waals surface area (Å²) in [6, 6.07) is 6.64. The SMILES string of the molecule is CC1(c2ccccc2Br)NC(=O)N(CC(=O)NCC(C)(C)N2CCOCC2)C1=O. The van der Waals surface area contributed by atoms with E-state index in [1.165, 1.54) is 0 Å². The fourth-order valence-corrected chi connectivity index (χ4v) is 4.37. The molecule has 158 valence electrons. The van der Waals surface area contributed by atoms with Gasteiger partial charge in [-0.15, -0.1) is 0 Å². The molecule has 1 aromatic carbocycles. The van der Waals surface area contributed by atoms with Crippen LogP contribution >= 0.6 is 15.9 Å². The average Bonchev–Trinajstić information content (AvgIpc) is 2.91. The van der Waals surface area contributed by atoms with Crippen LogP contribution in [-0.2, 0) is 19.9 Å². The van der Waals surface area contributed by atoms with Gasteiger partial charge in [0.2, 0.25) is 5.91 Å². The summed E-state index contributed by atoms with van der Waals surface area (Å²) in [7, 11) is 0. The molecule has 2 aliphatic rings. The molecule has 0 spiro atoms. The first-order chi connectivity index (χ1) is 13.6. The molecule has 1 aromatic rings. The van der Waals surface area contributed by atoms with E-state index in [0.717, 1.165) is 22.5 Å². The van der Waals surface area contributed by atoms with Crippen LogP contribution in [0.5, 0.6) is 0 Å². The molecule has 8 nitrogen and oxygen atoms in total. The Labute approximate surface area is 179 Å². The summed E-state index contributed by atoms with van der Waals surface area (Å²) >= 11 is 3.43. The van der Waals surface area contributed by atoms with E-state index in [1.54, 1.807) is 19.1 Å². The monoisotopic (exact) mass is 466 g/mol. The predicted octanol–water partition coefficient (Wildman–Crippen LogP) is 1.44. The normalized spacial score (nSPS) is 23.2. The highest BCUT2D eigenvalue weighted by atomic mass is 79.9. The zero-order valence-electron chi connectivity index (χ0n) is 17.0. The number of nitrogens with zero attached hydrogens (tertiary/aromatic N) is 2. The Bertz CT molecular complexity index is 809. The third kappa shape index (κ3) is 4.46. The number of imide groups is 1. The van der Waals surface area contributed by atoms with Crippen LogP contribution in [0, 0.1) is 0 Å². The quantitative estimate of drug-likeness (QED) is 0.619. The lowest BCUT2D eigenvalue weighted by atomic mass is 9.92. The summed E-state index contributed by atoms with van der Waals surface area (Å²) in [6.07, 6.45) is 0. The highest BCUT2D eigenvalue weighted by molar-refractivity contribution is 9.10. The lowest BCUT2D eigenvalue weighted by Crippen LogP contribution is -2.56. The van der Waals surface area contributed by atoms with Crippen molar-refractivity contribution in [1.82, 2.24) is 20.4 Å². The number of carbonyl (C=O) groups is 3. The number of benzene rings is 1. The molecular formula is C20H27BrN4O4. The number of hydrogen-bond acceptors (Lipinski definition) is 5. The van der Waals surface area contributed by atoms with Crippen LogP contribution in [0.2, 0.25) is 0 Å². The molecule has 2 saturated heterocycles. The van der Waals surface area contributed by atoms with Gasteiger partial charge in [-0.2, -0.15) is 0 Å². The Morgan fingerprint density at radius 2 is 1.93 bits per heavy atom. The Morgan fingerprint density at radius 3 is 2.59 bits per heavy atom. The zero-order chi connectivity index (χ0) is 21.2. The van der Waals surface area contributed by atoms with Gasteiger partial charge in [-0.1, -0.05) is 34.1 Å². The maximum Gasteiger partial charge on any atom is 0.325 e. The molecule has 0 saturated carbocycles. The van der Waals surface area contributed by atoms with E-state index in [0.29, 0.717) is 25.3 Å². The van der Waals surface area contributed by atoms with Crippen LogP contribution in [0.4, 0.5) is 4.79 Å². The second kappa shape index (κ2) is 8.41. The lowest BCUT2D eigenvalue weighted by Gasteiger charge is -2.40. The van der Waals surface area contributed by atoms with E-state index in [4.69, 9.17) is 4.74 Å². The van der Waals surface area contributed by atoms with Crippen molar-refractivity contribution in [2.24, 2.45) is 0 Å². The molecule has 0 aromatic heterocycles. The van der Waals surface area contributed by atoms with Crippen molar-refractivity contribution in [3.05, 3.63) is 34.3 Å². The van der Waals surface area contributed by atoms with Crippen LogP contribution in [0.3, 0.4) is 0 Å². The number of carbonyl (C=O) groups excluding carboxylic acids is 3. The van der Waals surface area contributed by atoms with Crippen molar-refractivity contribution in [2.75, 3.05) is 39.4 Å². The van der Waals surface area contributed by atoms with E-state index >= 15 is 0 Å². The van der Waals surface area contributed by atoms with Gasteiger partial charge in [0.1, 0.15) is 12.1 Å². The van der Waals surface area contributed by atoms with Crippen molar-refractivity contribution in [2.45, 2.75) is 31.8 Å². The van der Waals surface area contributed by atoms with Gasteiger partial charge in [-0.05, 0) is 26.8 Å². The van der Waals surface area contributed by atoms with Crippen molar-refractivity contribution in [3.63, 3.8) is 0 Å². The molecule has 2 aliphatic heterocycles. The number of rotatable bonds is 6. The predicted molar refractivity (Wildman–Crippen MR) is 111 cm³/mol. The van der Waals surface area contributed by atoms with Gasteiger partial charge in [0.05, 0.1) is 13.2 Å². The first-order valence-electron chi connectivity index (χ1n) is 9.64. The average molecular weight is 467 g/mol. The molecule has 0 aliphatic carbocycles. The minimum atomic E-state index is -1.22. The summed E-state index contributed by atoms with van der Waals surface area (Å²) in [5.74, 6) is -0.816. The van der Waals surface area contributed by atoms with E-state index in [2.05, 4.69) is 45.3 Å². The highest BCUT2D eigenvalue weighted by Crippen LogP contribution is 2.33. The third-order valence-electron chi connectivity index (χ3n) is 5.57. The van der Waals surface area contributed by atoms with Gasteiger partial charge in [-0.25, -0.2) is 4.79 Å². The fraction of sp³-hybridized carbons (Fsp3) is 0.550. The van der Waals surface area contributed by atoms with E-state index < -0.39 is 17.5 Å². The number of halogens is 1. The van der Waals surface area contributed by atoms with Crippen LogP contribution in [0.15, 0.2) is 28.7 Å². The molecule has 2 fully saturated rings. The summed E-state index contributed by atoms with van der Waals surface area (Å²) in [5.41, 5.74) is -0.820. The minimum absolute atomic E-state index is 0.250. The van der Waals surface area contributed by atoms with Gasteiger partial charge in [0.25, 0.3) is 5.91 Å². The second-order valence-corrected chi connectivity index (χ2v) is 8.97. The van der Waals surface area contributed by atoms with E-state index in [1.807, 2.05) is 12.1 Å². The number of morpholine rings is 1. The first-order valence-corrected chi connectivity index (χ1v) is 10.4. The number of urea groups is 1. The second-order valence-electron chi connectivity index (χ2n) is 8.11. The summed E-state index contributed by atoms with van der Waals surface area (Å²) < 4.78 is 6.09. The van der Waals surface area contributed by atoms with Crippen molar-refractivity contribution in [3.8, 4) is 0 Å². The summed E-state index contributed by atoms with van der Waals surface area (Å²) in [6.45, 7) is 8.81. The lowest BCUT2D eigenvalue weighted by molar-refractivity contribution is -0.135. The van der Waals surface area contributed by atoms with Crippen LogP contribution in [-0.4, -0.2) is 72.6 Å². The number of amides is 4. The van der Waals surface area contributed by atoms with Gasteiger partial charge < -0.3 is 15.4 Å². The van der Waals surface area contributed by atoms with Crippen molar-refractivity contribution >= 4 is 33.8 Å². The molecule has 0 radical (unpaired) electrons. The molecule has 0 bridgehead atoms. The van der Waals surface area contributed by atoms with Gasteiger partial charge in [0.15, 0.2) is 0 Å². The van der Waals surface area contributed by atoms with E-state index in [-0.39, 0.29) is 18.0 Å². The van der Waals surface area contributed by atoms with Gasteiger partial charge in [-0.3, -0.25) is 19.4 Å². The maximum atomic E-state index is 13.0. The Kier molecular flexibility index (Phi) is 6.30. The van der Waals surface area contributed by atoms with Crippen molar-refractivity contribution in [1.29, 1.82) is 0 Å². The molecule has 1 unspecified atom stereocenters. The van der Waals surface area contributed by atoms with Crippen LogP contribution < -0.4 is 10.6 Å². The summed E-state index contributed by atoms with van der Waals surface area (Å²) in [5, 5.41) is 5.58. The standard InChI is InChI=1S/C20H27BrN4O4/c1-19(2,24-8-10-29-11-9-24)13-22-16(26)12-25-17(27)20(3,23-18(25)28)14-6-4-5-7-15(14)21/h4-7H,8-13H2,1-3H3,(H,22,26)(H,23,28). The fourth-order valence-electron chi connectivity index (χ4n) is 3.68. The molecule has 4 amide bonds. The molecule has 29 heavy (non-hydrogen) atoms. The smallest absolute Gasteiger partial charge is 0.325 e. The summed E-state index contributed by atoms with van der Waals surface area (Å²) in [4.78, 5) is 41.2. The number of hydrogen-bond donors (Lipinski definition) is 2. The van der Waals surface area contributed by atoms with Crippen LogP contribution in [0.25, 0.3) is 0 Å². The largest absolute Gasteiger partial charge is 0.379 e. The first kappa shape index (κ1) is 21.7. The van der Waals surface area contributed by atoms with Crippen LogP contribution in [0.1, 0.15) is 26.3 Å². The Balaban J connectivity index is 1.62. The topological polar surface area (TPSA) is 91.0 Å². The third-order valence-corrected chi connectivity index (χ3v) is 6.27. The molecule has 1 atom stereocenters. The molecular weight excluding hydrogens is 440 g/mol. The number of nitrogens with one attached hydrogen (secondary N) is 2. The number of ether oxygens (including phenoxy) is 1. The zero-order valence-corrected chi connectivity index (χ0v) is 18.5. The van der Waals surface area contributed by atoms with Crippen molar-refractivity contribution < 1.29 is 19.1 Å². The molecule has 9 heteroatoms.